The Kier molecular flexibility index (Phi) is 4.43. The summed E-state index contributed by atoms with van der Waals surface area (Å²) in [7, 11) is 0. The van der Waals surface area contributed by atoms with Crippen molar-refractivity contribution in [1.82, 2.24) is 0 Å². The van der Waals surface area contributed by atoms with Crippen LogP contribution in [0.25, 0.3) is 0 Å². The molecule has 0 aromatic heterocycles. The number of aldehydes is 1. The molecule has 0 radical (unpaired) electrons. The lowest BCUT2D eigenvalue weighted by atomic mass is 10.1. The molecule has 4 heteroatoms. The number of nitrogens with two attached hydrogens (primary N) is 1. The van der Waals surface area contributed by atoms with Gasteiger partial charge in [0.2, 0.25) is 0 Å². The quantitative estimate of drug-likeness (QED) is 0.630. The monoisotopic (exact) mass is 237 g/mol. The van der Waals surface area contributed by atoms with Gasteiger partial charge in [-0.05, 0) is 24.1 Å². The minimum absolute atomic E-state index is 0.276. The van der Waals surface area contributed by atoms with Gasteiger partial charge in [-0.2, -0.15) is 0 Å². The predicted octanol–water partition coefficient (Wildman–Crippen LogP) is 2.17. The number of hydrogen-bond acceptors (Lipinski definition) is 3. The van der Waals surface area contributed by atoms with Crippen molar-refractivity contribution in [3.05, 3.63) is 29.3 Å². The summed E-state index contributed by atoms with van der Waals surface area (Å²) in [5, 5.41) is 0. The Morgan fingerprint density at radius 1 is 1.56 bits per heavy atom. The number of rotatable bonds is 5. The van der Waals surface area contributed by atoms with Crippen LogP contribution in [0.1, 0.15) is 29.8 Å². The third kappa shape index (κ3) is 3.31. The molecule has 2 N–H and O–H groups in total. The summed E-state index contributed by atoms with van der Waals surface area (Å²) < 4.78 is 5.51. The van der Waals surface area contributed by atoms with E-state index in [-0.39, 0.29) is 4.99 Å². The van der Waals surface area contributed by atoms with Crippen molar-refractivity contribution < 1.29 is 9.53 Å². The largest absolute Gasteiger partial charge is 0.493 e. The molecule has 1 aromatic carbocycles. The maximum Gasteiger partial charge on any atom is 0.153 e. The van der Waals surface area contributed by atoms with Gasteiger partial charge in [0.25, 0.3) is 0 Å². The second kappa shape index (κ2) is 5.61. The molecule has 1 rings (SSSR count). The van der Waals surface area contributed by atoms with Gasteiger partial charge in [0, 0.05) is 5.56 Å². The molecule has 86 valence electrons. The molecule has 3 nitrogen and oxygen atoms in total. The van der Waals surface area contributed by atoms with E-state index < -0.39 is 0 Å². The average Bonchev–Trinajstić information content (AvgIpc) is 2.25. The second-order valence-corrected chi connectivity index (χ2v) is 4.38. The van der Waals surface area contributed by atoms with E-state index in [1.54, 1.807) is 18.2 Å². The Bertz CT molecular complexity index is 402. The number of carbonyl (C=O) groups excluding carboxylic acids is 1. The van der Waals surface area contributed by atoms with E-state index in [0.717, 1.165) is 6.29 Å². The van der Waals surface area contributed by atoms with Crippen molar-refractivity contribution in [2.75, 3.05) is 6.61 Å². The molecule has 16 heavy (non-hydrogen) atoms. The topological polar surface area (TPSA) is 52.3 Å². The maximum atomic E-state index is 10.9. The summed E-state index contributed by atoms with van der Waals surface area (Å²) >= 11 is 4.84. The highest BCUT2D eigenvalue weighted by Gasteiger charge is 2.06. The lowest BCUT2D eigenvalue weighted by Gasteiger charge is -2.11. The zero-order chi connectivity index (χ0) is 12.1. The van der Waals surface area contributed by atoms with Gasteiger partial charge in [-0.3, -0.25) is 4.79 Å². The van der Waals surface area contributed by atoms with E-state index in [9.17, 15) is 4.79 Å². The summed E-state index contributed by atoms with van der Waals surface area (Å²) in [5.74, 6) is 0.985. The molecule has 0 saturated heterocycles. The van der Waals surface area contributed by atoms with Gasteiger partial charge in [0.15, 0.2) is 6.29 Å². The molecule has 0 amide bonds. The van der Waals surface area contributed by atoms with Gasteiger partial charge < -0.3 is 10.5 Å². The normalized spacial score (nSPS) is 10.2. The van der Waals surface area contributed by atoms with Gasteiger partial charge in [-0.25, -0.2) is 0 Å². The fourth-order valence-corrected chi connectivity index (χ4v) is 1.31. The van der Waals surface area contributed by atoms with Crippen molar-refractivity contribution in [3.63, 3.8) is 0 Å². The van der Waals surface area contributed by atoms with E-state index in [4.69, 9.17) is 22.7 Å². The molecule has 0 saturated carbocycles. The maximum absolute atomic E-state index is 10.9. The molecule has 0 aliphatic heterocycles. The van der Waals surface area contributed by atoms with E-state index >= 15 is 0 Å². The Balaban J connectivity index is 2.93. The summed E-state index contributed by atoms with van der Waals surface area (Å²) in [6.45, 7) is 4.67. The average molecular weight is 237 g/mol. The Morgan fingerprint density at radius 3 is 2.75 bits per heavy atom. The smallest absolute Gasteiger partial charge is 0.153 e. The first-order valence-electron chi connectivity index (χ1n) is 5.06. The zero-order valence-electron chi connectivity index (χ0n) is 9.40. The van der Waals surface area contributed by atoms with Crippen LogP contribution < -0.4 is 10.5 Å². The number of carbonyl (C=O) groups is 1. The fourth-order valence-electron chi connectivity index (χ4n) is 1.18. The summed E-state index contributed by atoms with van der Waals surface area (Å²) in [6, 6.07) is 5.12. The number of benzene rings is 1. The zero-order valence-corrected chi connectivity index (χ0v) is 10.2. The summed E-state index contributed by atoms with van der Waals surface area (Å²) in [6.07, 6.45) is 0.747. The van der Waals surface area contributed by atoms with Crippen molar-refractivity contribution in [2.45, 2.75) is 13.8 Å². The van der Waals surface area contributed by atoms with Crippen LogP contribution >= 0.6 is 12.2 Å². The molecule has 0 unspecified atom stereocenters. The predicted molar refractivity (Wildman–Crippen MR) is 68.0 cm³/mol. The van der Waals surface area contributed by atoms with E-state index in [2.05, 4.69) is 0 Å². The molecule has 0 atom stereocenters. The van der Waals surface area contributed by atoms with Gasteiger partial charge in [-0.15, -0.1) is 0 Å². The van der Waals surface area contributed by atoms with Crippen molar-refractivity contribution in [3.8, 4) is 5.75 Å². The number of thiocarbonyl (C=S) groups is 1. The third-order valence-corrected chi connectivity index (χ3v) is 2.23. The molecule has 0 heterocycles. The minimum Gasteiger partial charge on any atom is -0.493 e. The van der Waals surface area contributed by atoms with Crippen LogP contribution in [0.5, 0.6) is 5.75 Å². The van der Waals surface area contributed by atoms with E-state index in [1.807, 2.05) is 13.8 Å². The van der Waals surface area contributed by atoms with Crippen LogP contribution in [-0.4, -0.2) is 17.9 Å². The highest BCUT2D eigenvalue weighted by Crippen LogP contribution is 2.19. The van der Waals surface area contributed by atoms with E-state index in [1.165, 1.54) is 0 Å². The minimum atomic E-state index is 0.276. The first-order valence-corrected chi connectivity index (χ1v) is 5.47. The molecular formula is C12H15NO2S. The lowest BCUT2D eigenvalue weighted by Crippen LogP contribution is -2.11. The van der Waals surface area contributed by atoms with Crippen molar-refractivity contribution in [2.24, 2.45) is 11.7 Å². The Morgan fingerprint density at radius 2 is 2.25 bits per heavy atom. The van der Waals surface area contributed by atoms with Gasteiger partial charge in [0.1, 0.15) is 10.7 Å². The van der Waals surface area contributed by atoms with Crippen LogP contribution in [0, 0.1) is 5.92 Å². The molecule has 1 aromatic rings. The fraction of sp³-hybridized carbons (Fsp3) is 0.333. The highest BCUT2D eigenvalue weighted by molar-refractivity contribution is 7.80. The molecule has 0 spiro atoms. The Hall–Kier alpha value is -1.42. The van der Waals surface area contributed by atoms with Crippen LogP contribution in [0.15, 0.2) is 18.2 Å². The van der Waals surface area contributed by atoms with Gasteiger partial charge >= 0.3 is 0 Å². The molecule has 0 aliphatic rings. The van der Waals surface area contributed by atoms with Crippen molar-refractivity contribution >= 4 is 23.5 Å². The third-order valence-electron chi connectivity index (χ3n) is 1.99. The number of hydrogen-bond donors (Lipinski definition) is 1. The van der Waals surface area contributed by atoms with Gasteiger partial charge in [0.05, 0.1) is 12.2 Å². The highest BCUT2D eigenvalue weighted by atomic mass is 32.1. The Labute approximate surface area is 101 Å². The first kappa shape index (κ1) is 12.6. The summed E-state index contributed by atoms with van der Waals surface area (Å²) in [5.41, 5.74) is 6.64. The molecule has 0 bridgehead atoms. The standard InChI is InChI=1S/C12H15NO2S/c1-8(2)7-15-11-4-3-9(12(13)16)5-10(11)6-14/h3-6,8H,7H2,1-2H3,(H2,13,16). The first-order chi connectivity index (χ1) is 7.54. The SMILES string of the molecule is CC(C)COc1ccc(C(N)=S)cc1C=O. The van der Waals surface area contributed by atoms with Crippen LogP contribution in [0.3, 0.4) is 0 Å². The summed E-state index contributed by atoms with van der Waals surface area (Å²) in [4.78, 5) is 11.2. The van der Waals surface area contributed by atoms with Crippen LogP contribution in [0.2, 0.25) is 0 Å². The van der Waals surface area contributed by atoms with Crippen molar-refractivity contribution in [1.29, 1.82) is 0 Å². The molecule has 0 fully saturated rings. The second-order valence-electron chi connectivity index (χ2n) is 3.94. The lowest BCUT2D eigenvalue weighted by molar-refractivity contribution is 0.111. The molecule has 0 aliphatic carbocycles. The van der Waals surface area contributed by atoms with Crippen LogP contribution in [0.4, 0.5) is 0 Å². The number of ether oxygens (including phenoxy) is 1. The van der Waals surface area contributed by atoms with Crippen LogP contribution in [-0.2, 0) is 0 Å². The van der Waals surface area contributed by atoms with E-state index in [0.29, 0.717) is 29.4 Å². The molecular weight excluding hydrogens is 222 g/mol. The van der Waals surface area contributed by atoms with Gasteiger partial charge in [-0.1, -0.05) is 26.1 Å².